The Morgan fingerprint density at radius 3 is 2.37 bits per heavy atom. The van der Waals surface area contributed by atoms with Crippen molar-refractivity contribution in [3.05, 3.63) is 35.9 Å². The molecule has 0 aliphatic heterocycles. The number of likely N-dealkylation sites (N-methyl/N-ethyl adjacent to an activating group) is 1. The second-order valence-corrected chi connectivity index (χ2v) is 5.37. The van der Waals surface area contributed by atoms with Crippen LogP contribution in [0.1, 0.15) is 32.8 Å². The quantitative estimate of drug-likeness (QED) is 0.882. The van der Waals surface area contributed by atoms with Gasteiger partial charge in [0.05, 0.1) is 11.5 Å². The summed E-state index contributed by atoms with van der Waals surface area (Å²) in [6, 6.07) is 9.89. The van der Waals surface area contributed by atoms with E-state index in [1.165, 1.54) is 0 Å². The number of amides is 1. The predicted molar refractivity (Wildman–Crippen MR) is 75.8 cm³/mol. The van der Waals surface area contributed by atoms with E-state index in [0.29, 0.717) is 0 Å². The van der Waals surface area contributed by atoms with Gasteiger partial charge in [-0.25, -0.2) is 0 Å². The molecule has 1 aromatic rings. The Morgan fingerprint density at radius 2 is 1.95 bits per heavy atom. The molecular formula is C16H23NO2. The maximum Gasteiger partial charge on any atom is 0.233 e. The number of hydrogen-bond acceptors (Lipinski definition) is 2. The lowest BCUT2D eigenvalue weighted by molar-refractivity contribution is -0.134. The molecule has 1 fully saturated rings. The topological polar surface area (TPSA) is 40.5 Å². The van der Waals surface area contributed by atoms with Crippen molar-refractivity contribution in [3.63, 3.8) is 0 Å². The molecule has 0 unspecified atom stereocenters. The molecule has 3 nitrogen and oxygen atoms in total. The van der Waals surface area contributed by atoms with Crippen LogP contribution in [0.3, 0.4) is 0 Å². The molecule has 19 heavy (non-hydrogen) atoms. The number of hydrogen-bond donors (Lipinski definition) is 1. The zero-order valence-electron chi connectivity index (χ0n) is 12.0. The van der Waals surface area contributed by atoms with E-state index in [9.17, 15) is 9.90 Å². The van der Waals surface area contributed by atoms with Crippen LogP contribution in [-0.2, 0) is 10.2 Å². The molecule has 3 heteroatoms. The van der Waals surface area contributed by atoms with Crippen molar-refractivity contribution in [1.29, 1.82) is 0 Å². The maximum atomic E-state index is 12.8. The van der Waals surface area contributed by atoms with Gasteiger partial charge in [-0.05, 0) is 32.8 Å². The first-order valence-corrected chi connectivity index (χ1v) is 7.10. The fraction of sp³-hybridized carbons (Fsp3) is 0.562. The van der Waals surface area contributed by atoms with E-state index < -0.39 is 11.5 Å². The zero-order chi connectivity index (χ0) is 14.0. The SMILES string of the molecule is CCN(CC)C(=O)[C@]1(c2ccccc2)C[C@H]1[C@@H](C)O. The summed E-state index contributed by atoms with van der Waals surface area (Å²) < 4.78 is 0. The zero-order valence-corrected chi connectivity index (χ0v) is 12.0. The summed E-state index contributed by atoms with van der Waals surface area (Å²) in [6.45, 7) is 7.22. The summed E-state index contributed by atoms with van der Waals surface area (Å²) in [5.74, 6) is 0.206. The third-order valence-electron chi connectivity index (χ3n) is 4.32. The Labute approximate surface area is 115 Å². The first kappa shape index (κ1) is 14.1. The summed E-state index contributed by atoms with van der Waals surface area (Å²) in [5, 5.41) is 9.89. The van der Waals surface area contributed by atoms with Gasteiger partial charge < -0.3 is 10.0 Å². The van der Waals surface area contributed by atoms with Crippen LogP contribution in [0.25, 0.3) is 0 Å². The molecule has 1 aliphatic carbocycles. The van der Waals surface area contributed by atoms with E-state index >= 15 is 0 Å². The number of rotatable bonds is 5. The highest BCUT2D eigenvalue weighted by Crippen LogP contribution is 2.57. The molecule has 3 atom stereocenters. The highest BCUT2D eigenvalue weighted by atomic mass is 16.3. The lowest BCUT2D eigenvalue weighted by Gasteiger charge is -2.27. The number of benzene rings is 1. The first-order valence-electron chi connectivity index (χ1n) is 7.10. The Balaban J connectivity index is 2.36. The van der Waals surface area contributed by atoms with Crippen LogP contribution in [0.5, 0.6) is 0 Å². The molecule has 0 saturated heterocycles. The molecular weight excluding hydrogens is 238 g/mol. The van der Waals surface area contributed by atoms with E-state index in [-0.39, 0.29) is 11.8 Å². The van der Waals surface area contributed by atoms with Gasteiger partial charge in [-0.3, -0.25) is 4.79 Å². The Hall–Kier alpha value is -1.35. The maximum absolute atomic E-state index is 12.8. The highest BCUT2D eigenvalue weighted by Gasteiger charge is 2.63. The fourth-order valence-electron chi connectivity index (χ4n) is 3.10. The Kier molecular flexibility index (Phi) is 3.95. The van der Waals surface area contributed by atoms with Crippen LogP contribution in [0.2, 0.25) is 0 Å². The normalized spacial score (nSPS) is 26.8. The van der Waals surface area contributed by atoms with Gasteiger partial charge in [-0.1, -0.05) is 30.3 Å². The van der Waals surface area contributed by atoms with Gasteiger partial charge in [0.15, 0.2) is 0 Å². The van der Waals surface area contributed by atoms with Crippen molar-refractivity contribution < 1.29 is 9.90 Å². The van der Waals surface area contributed by atoms with E-state index in [4.69, 9.17) is 0 Å². The molecule has 0 heterocycles. The standard InChI is InChI=1S/C16H23NO2/c1-4-17(5-2)15(19)16(11-14(16)12(3)18)13-9-7-6-8-10-13/h6-10,12,14,18H,4-5,11H2,1-3H3/t12-,14+,16+/m1/s1. The van der Waals surface area contributed by atoms with Crippen LogP contribution in [0, 0.1) is 5.92 Å². The minimum Gasteiger partial charge on any atom is -0.393 e. The largest absolute Gasteiger partial charge is 0.393 e. The van der Waals surface area contributed by atoms with Crippen molar-refractivity contribution in [2.75, 3.05) is 13.1 Å². The van der Waals surface area contributed by atoms with Crippen molar-refractivity contribution in [2.24, 2.45) is 5.92 Å². The van der Waals surface area contributed by atoms with Crippen LogP contribution in [-0.4, -0.2) is 35.1 Å². The number of carbonyl (C=O) groups excluding carboxylic acids is 1. The first-order chi connectivity index (χ1) is 9.07. The number of nitrogens with zero attached hydrogens (tertiary/aromatic N) is 1. The molecule has 0 radical (unpaired) electrons. The van der Waals surface area contributed by atoms with Gasteiger partial charge in [0, 0.05) is 19.0 Å². The molecule has 0 bridgehead atoms. The molecule has 0 spiro atoms. The van der Waals surface area contributed by atoms with Crippen LogP contribution >= 0.6 is 0 Å². The minimum atomic E-state index is -0.499. The van der Waals surface area contributed by atoms with Crippen molar-refractivity contribution in [1.82, 2.24) is 4.90 Å². The van der Waals surface area contributed by atoms with Gasteiger partial charge in [0.2, 0.25) is 5.91 Å². The third kappa shape index (κ3) is 2.27. The van der Waals surface area contributed by atoms with Crippen molar-refractivity contribution in [3.8, 4) is 0 Å². The molecule has 1 aliphatic rings. The van der Waals surface area contributed by atoms with E-state index in [0.717, 1.165) is 25.1 Å². The van der Waals surface area contributed by atoms with E-state index in [2.05, 4.69) is 0 Å². The van der Waals surface area contributed by atoms with E-state index in [1.807, 2.05) is 49.1 Å². The number of aliphatic hydroxyl groups is 1. The summed E-state index contributed by atoms with van der Waals surface area (Å²) in [6.07, 6.45) is 0.309. The monoisotopic (exact) mass is 261 g/mol. The summed E-state index contributed by atoms with van der Waals surface area (Å²) in [5.41, 5.74) is 0.541. The molecule has 1 N–H and O–H groups in total. The van der Waals surface area contributed by atoms with E-state index in [1.54, 1.807) is 6.92 Å². The smallest absolute Gasteiger partial charge is 0.233 e. The molecule has 104 valence electrons. The minimum absolute atomic E-state index is 0.0444. The Bertz CT molecular complexity index is 439. The molecule has 1 saturated carbocycles. The van der Waals surface area contributed by atoms with Crippen LogP contribution in [0.4, 0.5) is 0 Å². The molecule has 1 aromatic carbocycles. The molecule has 2 rings (SSSR count). The second kappa shape index (κ2) is 5.33. The van der Waals surface area contributed by atoms with Gasteiger partial charge in [0.25, 0.3) is 0 Å². The van der Waals surface area contributed by atoms with Gasteiger partial charge >= 0.3 is 0 Å². The summed E-state index contributed by atoms with van der Waals surface area (Å²) in [4.78, 5) is 14.7. The highest BCUT2D eigenvalue weighted by molar-refractivity contribution is 5.92. The van der Waals surface area contributed by atoms with Crippen molar-refractivity contribution >= 4 is 5.91 Å². The lowest BCUT2D eigenvalue weighted by atomic mass is 9.90. The summed E-state index contributed by atoms with van der Waals surface area (Å²) >= 11 is 0. The Morgan fingerprint density at radius 1 is 1.37 bits per heavy atom. The average molecular weight is 261 g/mol. The second-order valence-electron chi connectivity index (χ2n) is 5.37. The van der Waals surface area contributed by atoms with Crippen molar-refractivity contribution in [2.45, 2.75) is 38.7 Å². The van der Waals surface area contributed by atoms with Crippen LogP contribution in [0.15, 0.2) is 30.3 Å². The molecule has 1 amide bonds. The van der Waals surface area contributed by atoms with Gasteiger partial charge in [-0.2, -0.15) is 0 Å². The number of carbonyl (C=O) groups is 1. The third-order valence-corrected chi connectivity index (χ3v) is 4.32. The molecule has 0 aromatic heterocycles. The summed E-state index contributed by atoms with van der Waals surface area (Å²) in [7, 11) is 0. The van der Waals surface area contributed by atoms with Gasteiger partial charge in [-0.15, -0.1) is 0 Å². The average Bonchev–Trinajstić information content (AvgIpc) is 3.18. The van der Waals surface area contributed by atoms with Crippen LogP contribution < -0.4 is 0 Å². The number of aliphatic hydroxyl groups excluding tert-OH is 1. The predicted octanol–water partition coefficient (Wildman–Crippen LogP) is 2.19. The fourth-order valence-corrected chi connectivity index (χ4v) is 3.10. The lowest BCUT2D eigenvalue weighted by Crippen LogP contribution is -2.41. The van der Waals surface area contributed by atoms with Gasteiger partial charge in [0.1, 0.15) is 0 Å².